The van der Waals surface area contributed by atoms with Gasteiger partial charge < -0.3 is 5.32 Å². The summed E-state index contributed by atoms with van der Waals surface area (Å²) in [5.41, 5.74) is -0.767. The minimum absolute atomic E-state index is 0.0481. The molecule has 0 radical (unpaired) electrons. The van der Waals surface area contributed by atoms with Crippen LogP contribution in [0.15, 0.2) is 54.6 Å². The third-order valence-electron chi connectivity index (χ3n) is 7.57. The first-order valence-electron chi connectivity index (χ1n) is 11.0. The van der Waals surface area contributed by atoms with E-state index in [1.807, 2.05) is 0 Å². The zero-order valence-electron chi connectivity index (χ0n) is 17.6. The number of carbonyl (C=O) groups excluding carboxylic acids is 3. The lowest BCUT2D eigenvalue weighted by Gasteiger charge is -2.37. The smallest absolute Gasteiger partial charge is 0.321 e. The summed E-state index contributed by atoms with van der Waals surface area (Å²) in [7, 11) is 0. The molecule has 9 heteroatoms. The molecule has 2 bridgehead atoms. The van der Waals surface area contributed by atoms with Gasteiger partial charge in [0.15, 0.2) is 0 Å². The van der Waals surface area contributed by atoms with Crippen molar-refractivity contribution in [3.8, 4) is 0 Å². The molecule has 4 aliphatic carbocycles. The Balaban J connectivity index is 1.27. The van der Waals surface area contributed by atoms with Gasteiger partial charge in [-0.25, -0.2) is 4.90 Å². The van der Waals surface area contributed by atoms with Gasteiger partial charge in [0.1, 0.15) is 0 Å². The van der Waals surface area contributed by atoms with Crippen LogP contribution in [0.1, 0.15) is 22.3 Å². The van der Waals surface area contributed by atoms with Gasteiger partial charge in [-0.1, -0.05) is 29.8 Å². The highest BCUT2D eigenvalue weighted by molar-refractivity contribution is 6.34. The maximum atomic E-state index is 13.3. The van der Waals surface area contributed by atoms with Crippen LogP contribution in [0.3, 0.4) is 0 Å². The molecule has 174 valence electrons. The summed E-state index contributed by atoms with van der Waals surface area (Å²) in [5.74, 6) is -0.837. The molecule has 3 amide bonds. The van der Waals surface area contributed by atoms with Crippen LogP contribution in [0.5, 0.6) is 0 Å². The van der Waals surface area contributed by atoms with Crippen molar-refractivity contribution in [2.75, 3.05) is 10.2 Å². The van der Waals surface area contributed by atoms with Gasteiger partial charge in [-0.05, 0) is 66.5 Å². The summed E-state index contributed by atoms with van der Waals surface area (Å²) in [4.78, 5) is 40.6. The van der Waals surface area contributed by atoms with Gasteiger partial charge in [-0.15, -0.1) is 0 Å². The van der Waals surface area contributed by atoms with E-state index in [2.05, 4.69) is 17.5 Å². The van der Waals surface area contributed by atoms with Crippen LogP contribution >= 0.6 is 11.6 Å². The van der Waals surface area contributed by atoms with E-state index in [1.165, 1.54) is 23.1 Å². The number of amides is 3. The van der Waals surface area contributed by atoms with E-state index in [0.717, 1.165) is 24.6 Å². The summed E-state index contributed by atoms with van der Waals surface area (Å²) in [5, 5.41) is 2.35. The lowest BCUT2D eigenvalue weighted by Crippen LogP contribution is -2.40. The van der Waals surface area contributed by atoms with Gasteiger partial charge in [0.25, 0.3) is 5.91 Å². The Morgan fingerprint density at radius 2 is 1.62 bits per heavy atom. The van der Waals surface area contributed by atoms with Gasteiger partial charge in [0.05, 0.1) is 33.8 Å². The minimum atomic E-state index is -4.59. The number of alkyl halides is 3. The van der Waals surface area contributed by atoms with E-state index in [9.17, 15) is 27.6 Å². The quantitative estimate of drug-likeness (QED) is 0.481. The predicted molar refractivity (Wildman–Crippen MR) is 118 cm³/mol. The second kappa shape index (κ2) is 7.18. The van der Waals surface area contributed by atoms with Crippen molar-refractivity contribution in [2.24, 2.45) is 35.5 Å². The molecule has 7 rings (SSSR count). The predicted octanol–water partition coefficient (Wildman–Crippen LogP) is 5.17. The van der Waals surface area contributed by atoms with E-state index >= 15 is 0 Å². The Morgan fingerprint density at radius 1 is 0.971 bits per heavy atom. The molecular formula is C25H18ClF3N2O3. The molecule has 0 aromatic heterocycles. The van der Waals surface area contributed by atoms with E-state index in [0.29, 0.717) is 11.8 Å². The first-order valence-corrected chi connectivity index (χ1v) is 11.4. The van der Waals surface area contributed by atoms with E-state index < -0.39 is 17.6 Å². The standard InChI is InChI=1S/C25H18ClF3N2O3/c26-18-7-4-12(25(27,28)29)9-19(18)30-22(32)11-2-1-3-13(8-11)31-23(33)20-14-5-6-15(17-10-16(14)17)21(20)24(31)34/h1-9,14-17,20-21H,10H2,(H,30,32)/t14-,15-,16-,17+,20+,21+/m0/s1. The molecule has 0 unspecified atom stereocenters. The minimum Gasteiger partial charge on any atom is -0.321 e. The monoisotopic (exact) mass is 486 g/mol. The second-order valence-electron chi connectivity index (χ2n) is 9.36. The molecule has 34 heavy (non-hydrogen) atoms. The highest BCUT2D eigenvalue weighted by Crippen LogP contribution is 2.65. The number of rotatable bonds is 3. The largest absolute Gasteiger partial charge is 0.416 e. The zero-order valence-corrected chi connectivity index (χ0v) is 18.3. The van der Waals surface area contributed by atoms with Crippen molar-refractivity contribution < 1.29 is 27.6 Å². The number of carbonyl (C=O) groups is 3. The van der Waals surface area contributed by atoms with Gasteiger partial charge in [-0.2, -0.15) is 13.2 Å². The van der Waals surface area contributed by atoms with Crippen molar-refractivity contribution in [2.45, 2.75) is 12.6 Å². The SMILES string of the molecule is O=C(Nc1cc(C(F)(F)F)ccc1Cl)c1cccc(N2C(=O)[C@@H]3[C@H]4C=C[C@@H]([C@@H]5C[C@H]45)[C@H]3C2=O)c1. The van der Waals surface area contributed by atoms with E-state index in [-0.39, 0.29) is 57.4 Å². The van der Waals surface area contributed by atoms with Crippen LogP contribution in [-0.4, -0.2) is 17.7 Å². The molecule has 1 heterocycles. The Kier molecular flexibility index (Phi) is 4.52. The number of allylic oxidation sites excluding steroid dienone is 2. The summed E-state index contributed by atoms with van der Waals surface area (Å²) >= 11 is 5.98. The van der Waals surface area contributed by atoms with Crippen molar-refractivity contribution in [3.63, 3.8) is 0 Å². The van der Waals surface area contributed by atoms with Gasteiger partial charge in [-0.3, -0.25) is 14.4 Å². The Hall–Kier alpha value is -3.13. The van der Waals surface area contributed by atoms with Gasteiger partial charge in [0.2, 0.25) is 11.8 Å². The number of benzene rings is 2. The molecule has 2 aromatic carbocycles. The first kappa shape index (κ1) is 21.4. The van der Waals surface area contributed by atoms with E-state index in [4.69, 9.17) is 11.6 Å². The summed E-state index contributed by atoms with van der Waals surface area (Å²) < 4.78 is 39.1. The van der Waals surface area contributed by atoms with Crippen molar-refractivity contribution >= 4 is 40.7 Å². The number of nitrogens with zero attached hydrogens (tertiary/aromatic N) is 1. The Bertz CT molecular complexity index is 1250. The fourth-order valence-corrected chi connectivity index (χ4v) is 6.15. The fourth-order valence-electron chi connectivity index (χ4n) is 5.99. The number of hydrogen-bond donors (Lipinski definition) is 1. The highest BCUT2D eigenvalue weighted by atomic mass is 35.5. The third-order valence-corrected chi connectivity index (χ3v) is 7.90. The molecule has 2 saturated carbocycles. The Labute approximate surface area is 197 Å². The lowest BCUT2D eigenvalue weighted by atomic mass is 9.63. The fraction of sp³-hybridized carbons (Fsp3) is 0.320. The highest BCUT2D eigenvalue weighted by Gasteiger charge is 2.67. The number of anilines is 2. The molecule has 1 aliphatic heterocycles. The normalized spacial score (nSPS) is 30.9. The summed E-state index contributed by atoms with van der Waals surface area (Å²) in [6, 6.07) is 8.62. The average molecular weight is 487 g/mol. The molecule has 0 spiro atoms. The summed E-state index contributed by atoms with van der Waals surface area (Å²) in [6.07, 6.45) is 0.629. The molecule has 5 aliphatic rings. The number of hydrogen-bond acceptors (Lipinski definition) is 3. The average Bonchev–Trinajstić information content (AvgIpc) is 3.58. The third kappa shape index (κ3) is 3.11. The molecule has 3 fully saturated rings. The zero-order chi connectivity index (χ0) is 23.9. The van der Waals surface area contributed by atoms with Crippen LogP contribution in [0.2, 0.25) is 5.02 Å². The Morgan fingerprint density at radius 3 is 2.24 bits per heavy atom. The van der Waals surface area contributed by atoms with Crippen molar-refractivity contribution in [1.82, 2.24) is 0 Å². The van der Waals surface area contributed by atoms with Gasteiger partial charge in [0, 0.05) is 5.56 Å². The summed E-state index contributed by atoms with van der Waals surface area (Å²) in [6.45, 7) is 0. The number of imide groups is 1. The first-order chi connectivity index (χ1) is 16.1. The molecule has 2 aromatic rings. The maximum Gasteiger partial charge on any atom is 0.416 e. The van der Waals surface area contributed by atoms with Crippen LogP contribution in [-0.2, 0) is 15.8 Å². The van der Waals surface area contributed by atoms with Crippen molar-refractivity contribution in [3.05, 3.63) is 70.8 Å². The van der Waals surface area contributed by atoms with Crippen molar-refractivity contribution in [1.29, 1.82) is 0 Å². The van der Waals surface area contributed by atoms with Crippen LogP contribution in [0, 0.1) is 35.5 Å². The van der Waals surface area contributed by atoms with Crippen LogP contribution in [0.4, 0.5) is 24.5 Å². The number of halogens is 4. The topological polar surface area (TPSA) is 66.5 Å². The molecule has 6 atom stereocenters. The maximum absolute atomic E-state index is 13.3. The van der Waals surface area contributed by atoms with Crippen LogP contribution in [0.25, 0.3) is 0 Å². The molecule has 1 N–H and O–H groups in total. The van der Waals surface area contributed by atoms with Crippen LogP contribution < -0.4 is 10.2 Å². The van der Waals surface area contributed by atoms with Gasteiger partial charge >= 0.3 is 6.18 Å². The number of nitrogens with one attached hydrogen (secondary N) is 1. The molecular weight excluding hydrogens is 469 g/mol. The molecule has 5 nitrogen and oxygen atoms in total. The lowest BCUT2D eigenvalue weighted by molar-refractivity contribution is -0.137. The second-order valence-corrected chi connectivity index (χ2v) is 9.77. The molecule has 1 saturated heterocycles. The van der Waals surface area contributed by atoms with E-state index in [1.54, 1.807) is 6.07 Å².